The van der Waals surface area contributed by atoms with Gasteiger partial charge in [-0.2, -0.15) is 0 Å². The van der Waals surface area contributed by atoms with Gasteiger partial charge in [-0.25, -0.2) is 0 Å². The highest BCUT2D eigenvalue weighted by molar-refractivity contribution is 4.48. The SMILES string of the molecule is CC(OCCCNCCO)N(C)C. The van der Waals surface area contributed by atoms with Crippen molar-refractivity contribution in [2.24, 2.45) is 0 Å². The molecule has 0 saturated heterocycles. The lowest BCUT2D eigenvalue weighted by atomic mass is 10.4. The van der Waals surface area contributed by atoms with Gasteiger partial charge in [0.25, 0.3) is 0 Å². The Morgan fingerprint density at radius 1 is 1.38 bits per heavy atom. The minimum atomic E-state index is 0.179. The molecular formula is C9H22N2O2. The molecule has 4 heteroatoms. The van der Waals surface area contributed by atoms with Gasteiger partial charge in [0.1, 0.15) is 6.23 Å². The van der Waals surface area contributed by atoms with Crippen molar-refractivity contribution in [2.45, 2.75) is 19.6 Å². The van der Waals surface area contributed by atoms with Gasteiger partial charge >= 0.3 is 0 Å². The first kappa shape index (κ1) is 12.8. The van der Waals surface area contributed by atoms with E-state index in [9.17, 15) is 0 Å². The van der Waals surface area contributed by atoms with Crippen molar-refractivity contribution >= 4 is 0 Å². The van der Waals surface area contributed by atoms with Gasteiger partial charge in [-0.15, -0.1) is 0 Å². The quantitative estimate of drug-likeness (QED) is 0.414. The van der Waals surface area contributed by atoms with Gasteiger partial charge in [0.15, 0.2) is 0 Å². The molecule has 0 aliphatic carbocycles. The second-order valence-corrected chi connectivity index (χ2v) is 3.26. The Labute approximate surface area is 80.9 Å². The molecule has 0 rings (SSSR count). The van der Waals surface area contributed by atoms with Crippen molar-refractivity contribution in [2.75, 3.05) is 40.4 Å². The van der Waals surface area contributed by atoms with Gasteiger partial charge in [-0.1, -0.05) is 0 Å². The molecule has 2 N–H and O–H groups in total. The lowest BCUT2D eigenvalue weighted by molar-refractivity contribution is -0.0233. The van der Waals surface area contributed by atoms with Gasteiger partial charge in [-0.05, 0) is 34.0 Å². The first-order valence-electron chi connectivity index (χ1n) is 4.78. The number of rotatable bonds is 8. The Kier molecular flexibility index (Phi) is 8.33. The van der Waals surface area contributed by atoms with Crippen LogP contribution < -0.4 is 5.32 Å². The summed E-state index contributed by atoms with van der Waals surface area (Å²) in [5.41, 5.74) is 0. The predicted octanol–water partition coefficient (Wildman–Crippen LogP) is -0.117. The van der Waals surface area contributed by atoms with Crippen LogP contribution in [0, 0.1) is 0 Å². The highest BCUT2D eigenvalue weighted by atomic mass is 16.5. The number of ether oxygens (including phenoxy) is 1. The zero-order valence-electron chi connectivity index (χ0n) is 8.92. The number of hydrogen-bond donors (Lipinski definition) is 2. The lowest BCUT2D eigenvalue weighted by Crippen LogP contribution is -2.28. The van der Waals surface area contributed by atoms with E-state index in [-0.39, 0.29) is 12.8 Å². The average Bonchev–Trinajstić information content (AvgIpc) is 2.10. The van der Waals surface area contributed by atoms with Crippen molar-refractivity contribution in [3.8, 4) is 0 Å². The smallest absolute Gasteiger partial charge is 0.107 e. The molecule has 0 aromatic rings. The summed E-state index contributed by atoms with van der Waals surface area (Å²) in [5.74, 6) is 0. The number of nitrogens with zero attached hydrogens (tertiary/aromatic N) is 1. The van der Waals surface area contributed by atoms with Crippen LogP contribution in [-0.4, -0.2) is 56.6 Å². The van der Waals surface area contributed by atoms with E-state index in [2.05, 4.69) is 5.32 Å². The topological polar surface area (TPSA) is 44.7 Å². The fourth-order valence-corrected chi connectivity index (χ4v) is 0.804. The van der Waals surface area contributed by atoms with Crippen LogP contribution in [-0.2, 0) is 4.74 Å². The van der Waals surface area contributed by atoms with Crippen LogP contribution in [0.2, 0.25) is 0 Å². The first-order valence-corrected chi connectivity index (χ1v) is 4.78. The third kappa shape index (κ3) is 8.18. The monoisotopic (exact) mass is 190 g/mol. The molecule has 0 aromatic heterocycles. The maximum absolute atomic E-state index is 8.48. The van der Waals surface area contributed by atoms with E-state index in [0.29, 0.717) is 6.54 Å². The Balaban J connectivity index is 3.07. The summed E-state index contributed by atoms with van der Waals surface area (Å²) in [6.07, 6.45) is 1.16. The van der Waals surface area contributed by atoms with E-state index in [1.165, 1.54) is 0 Å². The molecule has 0 heterocycles. The maximum atomic E-state index is 8.48. The Morgan fingerprint density at radius 3 is 2.62 bits per heavy atom. The van der Waals surface area contributed by atoms with Crippen LogP contribution in [0.4, 0.5) is 0 Å². The molecule has 80 valence electrons. The molecular weight excluding hydrogens is 168 g/mol. The summed E-state index contributed by atoms with van der Waals surface area (Å²) in [6, 6.07) is 0. The van der Waals surface area contributed by atoms with Crippen molar-refractivity contribution in [3.05, 3.63) is 0 Å². The second kappa shape index (κ2) is 8.44. The van der Waals surface area contributed by atoms with Gasteiger partial charge < -0.3 is 15.2 Å². The van der Waals surface area contributed by atoms with E-state index in [0.717, 1.165) is 19.6 Å². The van der Waals surface area contributed by atoms with Crippen molar-refractivity contribution in [1.29, 1.82) is 0 Å². The first-order chi connectivity index (χ1) is 6.18. The summed E-state index contributed by atoms with van der Waals surface area (Å²) in [4.78, 5) is 2.03. The Bertz CT molecular complexity index is 110. The average molecular weight is 190 g/mol. The van der Waals surface area contributed by atoms with E-state index in [1.807, 2.05) is 25.9 Å². The standard InChI is InChI=1S/C9H22N2O2/c1-9(11(2)3)13-8-4-5-10-6-7-12/h9-10,12H,4-8H2,1-3H3. The molecule has 0 aliphatic heterocycles. The van der Waals surface area contributed by atoms with Crippen molar-refractivity contribution < 1.29 is 9.84 Å². The molecule has 0 saturated carbocycles. The highest BCUT2D eigenvalue weighted by Crippen LogP contribution is 1.94. The third-order valence-corrected chi connectivity index (χ3v) is 1.87. The van der Waals surface area contributed by atoms with Crippen LogP contribution >= 0.6 is 0 Å². The molecule has 1 atom stereocenters. The molecule has 0 aliphatic rings. The van der Waals surface area contributed by atoms with Gasteiger partial charge in [0, 0.05) is 13.2 Å². The van der Waals surface area contributed by atoms with Crippen molar-refractivity contribution in [3.63, 3.8) is 0 Å². The van der Waals surface area contributed by atoms with Crippen LogP contribution in [0.15, 0.2) is 0 Å². The van der Waals surface area contributed by atoms with Crippen LogP contribution in [0.5, 0.6) is 0 Å². The Morgan fingerprint density at radius 2 is 2.08 bits per heavy atom. The number of aliphatic hydroxyl groups excluding tert-OH is 1. The fraction of sp³-hybridized carbons (Fsp3) is 1.00. The molecule has 1 unspecified atom stereocenters. The van der Waals surface area contributed by atoms with Crippen LogP contribution in [0.1, 0.15) is 13.3 Å². The highest BCUT2D eigenvalue weighted by Gasteiger charge is 2.02. The number of nitrogens with one attached hydrogen (secondary N) is 1. The minimum absolute atomic E-state index is 0.179. The third-order valence-electron chi connectivity index (χ3n) is 1.87. The Hall–Kier alpha value is -0.160. The molecule has 0 fully saturated rings. The summed E-state index contributed by atoms with van der Waals surface area (Å²) < 4.78 is 5.51. The normalized spacial score (nSPS) is 13.6. The summed E-state index contributed by atoms with van der Waals surface area (Å²) >= 11 is 0. The summed E-state index contributed by atoms with van der Waals surface area (Å²) in [5, 5.41) is 11.6. The molecule has 0 radical (unpaired) electrons. The maximum Gasteiger partial charge on any atom is 0.107 e. The van der Waals surface area contributed by atoms with Gasteiger partial charge in [0.2, 0.25) is 0 Å². The molecule has 13 heavy (non-hydrogen) atoms. The predicted molar refractivity (Wildman–Crippen MR) is 53.7 cm³/mol. The zero-order chi connectivity index (χ0) is 10.1. The zero-order valence-corrected chi connectivity index (χ0v) is 8.92. The molecule has 0 bridgehead atoms. The summed E-state index contributed by atoms with van der Waals surface area (Å²) in [6.45, 7) is 4.57. The largest absolute Gasteiger partial charge is 0.395 e. The van der Waals surface area contributed by atoms with Crippen LogP contribution in [0.25, 0.3) is 0 Å². The van der Waals surface area contributed by atoms with Gasteiger partial charge in [-0.3, -0.25) is 4.90 Å². The lowest BCUT2D eigenvalue weighted by Gasteiger charge is -2.19. The second-order valence-electron chi connectivity index (χ2n) is 3.26. The van der Waals surface area contributed by atoms with E-state index >= 15 is 0 Å². The van der Waals surface area contributed by atoms with Gasteiger partial charge in [0.05, 0.1) is 6.61 Å². The van der Waals surface area contributed by atoms with Crippen LogP contribution in [0.3, 0.4) is 0 Å². The van der Waals surface area contributed by atoms with E-state index in [4.69, 9.17) is 9.84 Å². The van der Waals surface area contributed by atoms with E-state index in [1.54, 1.807) is 0 Å². The molecule has 0 amide bonds. The van der Waals surface area contributed by atoms with E-state index < -0.39 is 0 Å². The summed E-state index contributed by atoms with van der Waals surface area (Å²) in [7, 11) is 3.99. The van der Waals surface area contributed by atoms with Crippen molar-refractivity contribution in [1.82, 2.24) is 10.2 Å². The number of aliphatic hydroxyl groups is 1. The fourth-order valence-electron chi connectivity index (χ4n) is 0.804. The molecule has 0 spiro atoms. The molecule has 4 nitrogen and oxygen atoms in total. The minimum Gasteiger partial charge on any atom is -0.395 e. The number of hydrogen-bond acceptors (Lipinski definition) is 4. The molecule has 0 aromatic carbocycles.